The van der Waals surface area contributed by atoms with E-state index in [9.17, 15) is 9.90 Å². The van der Waals surface area contributed by atoms with Crippen LogP contribution in [0.5, 0.6) is 5.75 Å². The van der Waals surface area contributed by atoms with Crippen LogP contribution in [0.1, 0.15) is 56.7 Å². The lowest BCUT2D eigenvalue weighted by molar-refractivity contribution is -0.138. The molecule has 1 aliphatic rings. The average Bonchev–Trinajstić information content (AvgIpc) is 3.36. The number of nitrogens with one attached hydrogen (secondary N) is 3. The van der Waals surface area contributed by atoms with Gasteiger partial charge < -0.3 is 20.1 Å². The van der Waals surface area contributed by atoms with E-state index in [1.54, 1.807) is 0 Å². The zero-order valence-electron chi connectivity index (χ0n) is 22.8. The number of benzene rings is 2. The van der Waals surface area contributed by atoms with Gasteiger partial charge >= 0.3 is 5.97 Å². The summed E-state index contributed by atoms with van der Waals surface area (Å²) in [5, 5.41) is 18.1. The van der Waals surface area contributed by atoms with Gasteiger partial charge in [-0.3, -0.25) is 9.88 Å². The quantitative estimate of drug-likeness (QED) is 0.126. The Hall–Kier alpha value is -2.40. The summed E-state index contributed by atoms with van der Waals surface area (Å²) in [5.41, 5.74) is 3.39. The van der Waals surface area contributed by atoms with Gasteiger partial charge in [-0.15, -0.1) is 0 Å². The minimum Gasteiger partial charge on any atom is -0.494 e. The molecule has 38 heavy (non-hydrogen) atoms. The summed E-state index contributed by atoms with van der Waals surface area (Å²) in [4.78, 5) is 15.6. The minimum absolute atomic E-state index is 0.473. The maximum Gasteiger partial charge on any atom is 0.321 e. The lowest BCUT2D eigenvalue weighted by Gasteiger charge is -2.23. The first kappa shape index (κ1) is 28.6. The van der Waals surface area contributed by atoms with Crippen LogP contribution in [0.3, 0.4) is 0 Å². The first-order valence-electron chi connectivity index (χ1n) is 14.3. The molecule has 7 heteroatoms. The number of carbonyl (C=O) groups is 1. The summed E-state index contributed by atoms with van der Waals surface area (Å²) in [6.07, 6.45) is 10.6. The zero-order valence-corrected chi connectivity index (χ0v) is 23.6. The first-order valence-corrected chi connectivity index (χ1v) is 16.0. The number of hydrogen-bond donors (Lipinski definition) is 4. The topological polar surface area (TPSA) is 86.4 Å². The predicted molar refractivity (Wildman–Crippen MR) is 159 cm³/mol. The maximum atomic E-state index is 12.1. The number of piperidine rings is 1. The summed E-state index contributed by atoms with van der Waals surface area (Å²) >= 11 is 0. The zero-order chi connectivity index (χ0) is 26.6. The van der Waals surface area contributed by atoms with Crippen LogP contribution in [0, 0.1) is 5.92 Å². The third-order valence-electron chi connectivity index (χ3n) is 7.46. The smallest absolute Gasteiger partial charge is 0.321 e. The number of aliphatic carboxylic acids is 1. The van der Waals surface area contributed by atoms with Gasteiger partial charge in [0.2, 0.25) is 0 Å². The molecular weight excluding hydrogens is 493 g/mol. The van der Waals surface area contributed by atoms with Crippen molar-refractivity contribution in [3.05, 3.63) is 65.9 Å². The Kier molecular flexibility index (Phi) is 11.5. The molecule has 2 heterocycles. The fraction of sp³-hybridized carbons (Fsp3) is 0.516. The highest BCUT2D eigenvalue weighted by Gasteiger charge is 2.22. The number of fused-ring (bicyclic) bond motifs is 1. The van der Waals surface area contributed by atoms with Crippen molar-refractivity contribution < 1.29 is 14.6 Å². The Morgan fingerprint density at radius 2 is 1.89 bits per heavy atom. The average molecular weight is 538 g/mol. The molecule has 206 valence electrons. The summed E-state index contributed by atoms with van der Waals surface area (Å²) in [6.45, 7) is 5.23. The molecule has 2 atom stereocenters. The molecule has 2 aromatic carbocycles. The van der Waals surface area contributed by atoms with E-state index in [2.05, 4.69) is 46.6 Å². The third-order valence-corrected chi connectivity index (χ3v) is 9.89. The van der Waals surface area contributed by atoms with Gasteiger partial charge in [0.1, 0.15) is 11.8 Å². The van der Waals surface area contributed by atoms with Crippen LogP contribution in [0.4, 0.5) is 0 Å². The highest BCUT2D eigenvalue weighted by atomic mass is 31.1. The molecule has 6 nitrogen and oxygen atoms in total. The van der Waals surface area contributed by atoms with Gasteiger partial charge in [-0.25, -0.2) is 0 Å². The van der Waals surface area contributed by atoms with Gasteiger partial charge in [0.15, 0.2) is 0 Å². The van der Waals surface area contributed by atoms with Crippen LogP contribution in [0.25, 0.3) is 10.9 Å². The van der Waals surface area contributed by atoms with E-state index in [1.807, 2.05) is 30.3 Å². The Balaban J connectivity index is 1.22. The van der Waals surface area contributed by atoms with Crippen molar-refractivity contribution in [2.45, 2.75) is 64.3 Å². The van der Waals surface area contributed by atoms with Crippen LogP contribution in [-0.4, -0.2) is 54.1 Å². The second-order valence-corrected chi connectivity index (χ2v) is 12.8. The molecule has 4 rings (SSSR count). The lowest BCUT2D eigenvalue weighted by atomic mass is 9.93. The van der Waals surface area contributed by atoms with E-state index < -0.39 is 20.1 Å². The number of carboxylic acids is 1. The van der Waals surface area contributed by atoms with Crippen molar-refractivity contribution in [1.29, 1.82) is 0 Å². The number of carboxylic acid groups (broad SMARTS) is 1. The molecular formula is C31H44N3O3P. The summed E-state index contributed by atoms with van der Waals surface area (Å²) in [5.74, 6) is 0.952. The van der Waals surface area contributed by atoms with Crippen molar-refractivity contribution in [2.75, 3.05) is 32.0 Å². The number of para-hydroxylation sites is 1. The Bertz CT molecular complexity index is 1080. The monoisotopic (exact) mass is 537 g/mol. The predicted octanol–water partition coefficient (Wildman–Crippen LogP) is 6.35. The lowest BCUT2D eigenvalue weighted by Crippen LogP contribution is -2.36. The van der Waals surface area contributed by atoms with Crippen molar-refractivity contribution in [3.8, 4) is 5.75 Å². The number of aromatic amines is 1. The summed E-state index contributed by atoms with van der Waals surface area (Å²) in [6, 6.07) is 17.9. The second-order valence-electron chi connectivity index (χ2n) is 10.5. The largest absolute Gasteiger partial charge is 0.494 e. The molecule has 0 saturated carbocycles. The van der Waals surface area contributed by atoms with Gasteiger partial charge in [-0.05, 0) is 113 Å². The molecule has 2 unspecified atom stereocenters. The van der Waals surface area contributed by atoms with Gasteiger partial charge in [0.05, 0.1) is 6.61 Å². The number of aromatic nitrogens is 1. The summed E-state index contributed by atoms with van der Waals surface area (Å²) in [7, 11) is -0.584. The molecule has 3 aromatic rings. The van der Waals surface area contributed by atoms with Gasteiger partial charge in [0.25, 0.3) is 0 Å². The number of unbranched alkanes of at least 4 members (excludes halogenated alkanes) is 1. The minimum atomic E-state index is -0.784. The van der Waals surface area contributed by atoms with Crippen LogP contribution >= 0.6 is 8.07 Å². The van der Waals surface area contributed by atoms with E-state index in [0.717, 1.165) is 74.0 Å². The first-order chi connectivity index (χ1) is 18.6. The number of rotatable bonds is 16. The molecule has 1 aromatic heterocycles. The summed E-state index contributed by atoms with van der Waals surface area (Å²) < 4.78 is 5.95. The number of ether oxygens (including phenoxy) is 1. The normalized spacial score (nSPS) is 15.9. The van der Waals surface area contributed by atoms with E-state index in [4.69, 9.17) is 4.74 Å². The number of aryl methyl sites for hydroxylation is 1. The van der Waals surface area contributed by atoms with Crippen molar-refractivity contribution in [3.63, 3.8) is 0 Å². The van der Waals surface area contributed by atoms with Gasteiger partial charge in [-0.1, -0.05) is 50.1 Å². The number of hydrogen-bond acceptors (Lipinski definition) is 4. The van der Waals surface area contributed by atoms with E-state index in [-0.39, 0.29) is 0 Å². The van der Waals surface area contributed by atoms with Gasteiger partial charge in [-0.2, -0.15) is 0 Å². The maximum absolute atomic E-state index is 12.1. The van der Waals surface area contributed by atoms with Crippen molar-refractivity contribution in [2.24, 2.45) is 5.92 Å². The molecule has 0 bridgehead atoms. The molecule has 0 spiro atoms. The molecule has 1 saturated heterocycles. The van der Waals surface area contributed by atoms with Crippen LogP contribution in [0.15, 0.2) is 54.6 Å². The van der Waals surface area contributed by atoms with Crippen molar-refractivity contribution >= 4 is 24.9 Å². The Morgan fingerprint density at radius 3 is 2.63 bits per heavy atom. The molecule has 0 amide bonds. The Labute approximate surface area is 228 Å². The Morgan fingerprint density at radius 1 is 1.11 bits per heavy atom. The van der Waals surface area contributed by atoms with Crippen LogP contribution in [-0.2, 0) is 17.6 Å². The molecule has 0 aliphatic carbocycles. The fourth-order valence-electron chi connectivity index (χ4n) is 5.30. The number of H-pyrrole nitrogens is 1. The standard InChI is InChI=1S/C31H44N3O3P/c1-2-20-38(21-16-27-23-26-8-3-4-9-29(26)33-27)34-30(31(35)36)22-25-10-12-28(13-11-25)37-19-6-5-7-24-14-17-32-18-15-24/h3-4,8-13,23-24,30,32-34H,2,5-7,14-22H2,1H3,(H,35,36). The molecule has 1 aliphatic heterocycles. The van der Waals surface area contributed by atoms with Gasteiger partial charge in [0, 0.05) is 11.2 Å². The van der Waals surface area contributed by atoms with Crippen LogP contribution < -0.4 is 15.1 Å². The second kappa shape index (κ2) is 15.3. The molecule has 4 N–H and O–H groups in total. The third kappa shape index (κ3) is 9.11. The van der Waals surface area contributed by atoms with Crippen LogP contribution in [0.2, 0.25) is 0 Å². The van der Waals surface area contributed by atoms with E-state index >= 15 is 0 Å². The molecule has 0 radical (unpaired) electrons. The molecule has 1 fully saturated rings. The fourth-order valence-corrected chi connectivity index (χ4v) is 7.47. The van der Waals surface area contributed by atoms with E-state index in [0.29, 0.717) is 6.42 Å². The SMILES string of the molecule is CCCP(CCc1cc2ccccc2[nH]1)NC(Cc1ccc(OCCCCC2CCNCC2)cc1)C(=O)O. The van der Waals surface area contributed by atoms with E-state index in [1.165, 1.54) is 36.8 Å². The highest BCUT2D eigenvalue weighted by Crippen LogP contribution is 2.34. The van der Waals surface area contributed by atoms with Crippen molar-refractivity contribution in [1.82, 2.24) is 15.4 Å². The highest BCUT2D eigenvalue weighted by molar-refractivity contribution is 7.55.